The van der Waals surface area contributed by atoms with Gasteiger partial charge in [-0.3, -0.25) is 9.59 Å². The number of carbonyl (C=O) groups is 2. The number of nitrogens with one attached hydrogen (secondary N) is 2. The lowest BCUT2D eigenvalue weighted by atomic mass is 9.89. The Morgan fingerprint density at radius 3 is 2.54 bits per heavy atom. The number of ether oxygens (including phenoxy) is 2. The van der Waals surface area contributed by atoms with E-state index in [0.717, 1.165) is 12.8 Å². The number of carbonyl (C=O) groups excluding carboxylic acids is 2. The summed E-state index contributed by atoms with van der Waals surface area (Å²) in [4.78, 5) is 23.3. The van der Waals surface area contributed by atoms with E-state index in [0.29, 0.717) is 41.6 Å². The van der Waals surface area contributed by atoms with Crippen LogP contribution >= 0.6 is 12.4 Å². The number of halogens is 1. The summed E-state index contributed by atoms with van der Waals surface area (Å²) in [5, 5.41) is 6.49. The van der Waals surface area contributed by atoms with Gasteiger partial charge in [0.2, 0.25) is 5.91 Å². The third-order valence-corrected chi connectivity index (χ3v) is 4.86. The van der Waals surface area contributed by atoms with Gasteiger partial charge in [0.25, 0.3) is 5.91 Å². The molecule has 8 heteroatoms. The minimum absolute atomic E-state index is 0. The van der Waals surface area contributed by atoms with Crippen molar-refractivity contribution in [3.05, 3.63) is 18.2 Å². The van der Waals surface area contributed by atoms with Crippen LogP contribution in [0.15, 0.2) is 18.2 Å². The minimum atomic E-state index is -0.572. The van der Waals surface area contributed by atoms with Crippen LogP contribution in [0.25, 0.3) is 0 Å². The lowest BCUT2D eigenvalue weighted by molar-refractivity contribution is -0.120. The fourth-order valence-corrected chi connectivity index (χ4v) is 3.83. The van der Waals surface area contributed by atoms with E-state index in [1.807, 2.05) is 0 Å². The standard InChI is InChI=1S/C18H25N3O4.ClH/c1-24-15-5-4-14(9-16(15)25-10-17(19)22)21-18(23)8-11-6-12-2-3-13(7-11)20-12;/h4-5,9,11-13,20H,2-3,6-8,10H2,1H3,(H2,19,22)(H,21,23);1H. The maximum absolute atomic E-state index is 12.4. The Morgan fingerprint density at radius 1 is 1.23 bits per heavy atom. The van der Waals surface area contributed by atoms with Crippen LogP contribution in [0.4, 0.5) is 5.69 Å². The molecule has 1 aromatic carbocycles. The van der Waals surface area contributed by atoms with Gasteiger partial charge in [0, 0.05) is 30.3 Å². The largest absolute Gasteiger partial charge is 0.493 e. The van der Waals surface area contributed by atoms with Gasteiger partial charge in [0.05, 0.1) is 7.11 Å². The van der Waals surface area contributed by atoms with Gasteiger partial charge >= 0.3 is 0 Å². The second-order valence-electron chi connectivity index (χ2n) is 6.85. The first-order valence-corrected chi connectivity index (χ1v) is 8.68. The van der Waals surface area contributed by atoms with Crippen molar-refractivity contribution < 1.29 is 19.1 Å². The van der Waals surface area contributed by atoms with Crippen molar-refractivity contribution in [2.45, 2.75) is 44.2 Å². The van der Waals surface area contributed by atoms with Crippen LogP contribution in [0, 0.1) is 5.92 Å². The number of nitrogens with two attached hydrogens (primary N) is 1. The van der Waals surface area contributed by atoms with E-state index in [2.05, 4.69) is 10.6 Å². The summed E-state index contributed by atoms with van der Waals surface area (Å²) in [6, 6.07) is 6.24. The van der Waals surface area contributed by atoms with E-state index in [-0.39, 0.29) is 24.9 Å². The number of fused-ring (bicyclic) bond motifs is 2. The number of primary amides is 1. The average Bonchev–Trinajstić information content (AvgIpc) is 2.91. The second kappa shape index (κ2) is 9.09. The smallest absolute Gasteiger partial charge is 0.255 e. The van der Waals surface area contributed by atoms with Crippen LogP contribution < -0.4 is 25.8 Å². The molecule has 0 spiro atoms. The molecule has 2 aliphatic heterocycles. The number of anilines is 1. The maximum atomic E-state index is 12.4. The first kappa shape index (κ1) is 20.3. The van der Waals surface area contributed by atoms with Gasteiger partial charge in [-0.15, -0.1) is 12.4 Å². The number of hydrogen-bond acceptors (Lipinski definition) is 5. The van der Waals surface area contributed by atoms with Gasteiger partial charge in [-0.05, 0) is 43.7 Å². The number of rotatable bonds is 7. The highest BCUT2D eigenvalue weighted by Crippen LogP contribution is 2.33. The Labute approximate surface area is 159 Å². The molecule has 3 rings (SSSR count). The number of amides is 2. The molecule has 4 N–H and O–H groups in total. The van der Waals surface area contributed by atoms with Gasteiger partial charge in [0.1, 0.15) is 0 Å². The molecule has 2 amide bonds. The number of methoxy groups -OCH3 is 1. The molecule has 26 heavy (non-hydrogen) atoms. The van der Waals surface area contributed by atoms with Crippen LogP contribution in [0.3, 0.4) is 0 Å². The van der Waals surface area contributed by atoms with E-state index in [1.165, 1.54) is 20.0 Å². The van der Waals surface area contributed by atoms with E-state index < -0.39 is 5.91 Å². The van der Waals surface area contributed by atoms with Crippen LogP contribution in [0.2, 0.25) is 0 Å². The van der Waals surface area contributed by atoms with Crippen LogP contribution in [-0.2, 0) is 9.59 Å². The van der Waals surface area contributed by atoms with Gasteiger partial charge in [-0.25, -0.2) is 0 Å². The van der Waals surface area contributed by atoms with Crippen molar-refractivity contribution in [3.63, 3.8) is 0 Å². The number of benzene rings is 1. The lowest BCUT2D eigenvalue weighted by Gasteiger charge is -2.28. The molecule has 0 aromatic heterocycles. The van der Waals surface area contributed by atoms with Crippen molar-refractivity contribution in [2.75, 3.05) is 19.0 Å². The monoisotopic (exact) mass is 383 g/mol. The van der Waals surface area contributed by atoms with Gasteiger partial charge in [-0.2, -0.15) is 0 Å². The van der Waals surface area contributed by atoms with Gasteiger partial charge in [-0.1, -0.05) is 0 Å². The Bertz CT molecular complexity index is 643. The molecular formula is C18H26ClN3O4. The summed E-state index contributed by atoms with van der Waals surface area (Å²) in [6.07, 6.45) is 5.11. The molecule has 2 bridgehead atoms. The summed E-state index contributed by atoms with van der Waals surface area (Å²) >= 11 is 0. The predicted molar refractivity (Wildman–Crippen MR) is 101 cm³/mol. The Hall–Kier alpha value is -1.99. The van der Waals surface area contributed by atoms with E-state index in [4.69, 9.17) is 15.2 Å². The fraction of sp³-hybridized carbons (Fsp3) is 0.556. The molecule has 7 nitrogen and oxygen atoms in total. The van der Waals surface area contributed by atoms with Crippen LogP contribution in [0.1, 0.15) is 32.1 Å². The molecule has 2 fully saturated rings. The van der Waals surface area contributed by atoms with Crippen molar-refractivity contribution in [3.8, 4) is 11.5 Å². The fourth-order valence-electron chi connectivity index (χ4n) is 3.83. The zero-order valence-corrected chi connectivity index (χ0v) is 15.6. The van der Waals surface area contributed by atoms with Crippen LogP contribution in [0.5, 0.6) is 11.5 Å². The summed E-state index contributed by atoms with van der Waals surface area (Å²) in [6.45, 7) is -0.244. The molecule has 2 saturated heterocycles. The third-order valence-electron chi connectivity index (χ3n) is 4.86. The van der Waals surface area contributed by atoms with E-state index >= 15 is 0 Å². The Morgan fingerprint density at radius 2 is 1.92 bits per heavy atom. The highest BCUT2D eigenvalue weighted by atomic mass is 35.5. The summed E-state index contributed by atoms with van der Waals surface area (Å²) in [5.41, 5.74) is 5.72. The molecule has 1 aromatic rings. The van der Waals surface area contributed by atoms with Crippen molar-refractivity contribution in [2.24, 2.45) is 11.7 Å². The van der Waals surface area contributed by atoms with Crippen molar-refractivity contribution >= 4 is 29.9 Å². The van der Waals surface area contributed by atoms with Crippen molar-refractivity contribution in [1.29, 1.82) is 0 Å². The Balaban J connectivity index is 0.00000243. The second-order valence-corrected chi connectivity index (χ2v) is 6.85. The van der Waals surface area contributed by atoms with Crippen molar-refractivity contribution in [1.82, 2.24) is 5.32 Å². The number of piperidine rings is 1. The highest BCUT2D eigenvalue weighted by molar-refractivity contribution is 5.91. The molecule has 0 saturated carbocycles. The molecule has 0 radical (unpaired) electrons. The molecule has 0 aliphatic carbocycles. The predicted octanol–water partition coefficient (Wildman–Crippen LogP) is 1.84. The van der Waals surface area contributed by atoms with Gasteiger partial charge < -0.3 is 25.8 Å². The molecule has 2 atom stereocenters. The topological polar surface area (TPSA) is 103 Å². The quantitative estimate of drug-likeness (QED) is 0.666. The molecule has 2 unspecified atom stereocenters. The lowest BCUT2D eigenvalue weighted by Crippen LogP contribution is -2.39. The third kappa shape index (κ3) is 5.25. The molecular weight excluding hydrogens is 358 g/mol. The Kier molecular flexibility index (Phi) is 7.11. The van der Waals surface area contributed by atoms with Gasteiger partial charge in [0.15, 0.2) is 18.1 Å². The SMILES string of the molecule is COc1ccc(NC(=O)CC2CC3CCC(C2)N3)cc1OCC(N)=O.Cl. The summed E-state index contributed by atoms with van der Waals surface area (Å²) < 4.78 is 10.5. The minimum Gasteiger partial charge on any atom is -0.493 e. The molecule has 144 valence electrons. The zero-order chi connectivity index (χ0) is 17.8. The molecule has 2 heterocycles. The van der Waals surface area contributed by atoms with E-state index in [1.54, 1.807) is 18.2 Å². The normalized spacial score (nSPS) is 23.7. The first-order valence-electron chi connectivity index (χ1n) is 8.68. The number of hydrogen-bond donors (Lipinski definition) is 3. The molecule has 2 aliphatic rings. The van der Waals surface area contributed by atoms with E-state index in [9.17, 15) is 9.59 Å². The summed E-state index contributed by atoms with van der Waals surface area (Å²) in [5.74, 6) is 0.713. The van der Waals surface area contributed by atoms with Crippen LogP contribution in [-0.4, -0.2) is 37.6 Å². The summed E-state index contributed by atoms with van der Waals surface area (Å²) in [7, 11) is 1.51. The average molecular weight is 384 g/mol. The highest BCUT2D eigenvalue weighted by Gasteiger charge is 2.34. The zero-order valence-electron chi connectivity index (χ0n) is 14.8. The first-order chi connectivity index (χ1) is 12.0. The maximum Gasteiger partial charge on any atom is 0.255 e.